The molecule has 7 heteroatoms. The largest absolute Gasteiger partial charge is 0.370 e. The second-order valence-electron chi connectivity index (χ2n) is 8.50. The molecule has 4 rings (SSSR count). The van der Waals surface area contributed by atoms with E-state index >= 15 is 0 Å². The third-order valence-electron chi connectivity index (χ3n) is 5.90. The normalized spacial score (nSPS) is 13.6. The van der Waals surface area contributed by atoms with Crippen molar-refractivity contribution in [3.05, 3.63) is 82.3 Å². The maximum atomic E-state index is 12.9. The molecule has 3 N–H and O–H groups in total. The number of hydrogen-bond acceptors (Lipinski definition) is 3. The van der Waals surface area contributed by atoms with Gasteiger partial charge in [-0.1, -0.05) is 47.0 Å². The van der Waals surface area contributed by atoms with E-state index in [0.29, 0.717) is 22.6 Å². The van der Waals surface area contributed by atoms with Crippen LogP contribution in [0.2, 0.25) is 0 Å². The molecule has 0 radical (unpaired) electrons. The van der Waals surface area contributed by atoms with E-state index < -0.39 is 0 Å². The summed E-state index contributed by atoms with van der Waals surface area (Å²) in [6, 6.07) is 20.1. The average Bonchev–Trinajstić information content (AvgIpc) is 3.12. The maximum absolute atomic E-state index is 12.9. The Morgan fingerprint density at radius 1 is 0.794 bits per heavy atom. The van der Waals surface area contributed by atoms with Crippen LogP contribution in [-0.2, 0) is 0 Å². The van der Waals surface area contributed by atoms with Crippen LogP contribution >= 0.6 is 15.9 Å². The van der Waals surface area contributed by atoms with Gasteiger partial charge in [0.05, 0.1) is 11.4 Å². The van der Waals surface area contributed by atoms with Crippen LogP contribution in [0.25, 0.3) is 0 Å². The first-order valence-electron chi connectivity index (χ1n) is 11.6. The maximum Gasteiger partial charge on any atom is 0.323 e. The molecule has 0 bridgehead atoms. The molecular formula is C27H29BrN4O2. The van der Waals surface area contributed by atoms with Gasteiger partial charge in [0.15, 0.2) is 0 Å². The first kappa shape index (κ1) is 23.8. The molecule has 34 heavy (non-hydrogen) atoms. The van der Waals surface area contributed by atoms with E-state index in [2.05, 4.69) is 36.8 Å². The van der Waals surface area contributed by atoms with Gasteiger partial charge in [-0.3, -0.25) is 4.79 Å². The number of nitrogens with one attached hydrogen (secondary N) is 3. The van der Waals surface area contributed by atoms with Gasteiger partial charge in [-0.25, -0.2) is 4.79 Å². The van der Waals surface area contributed by atoms with Crippen molar-refractivity contribution in [1.29, 1.82) is 0 Å². The van der Waals surface area contributed by atoms with Crippen LogP contribution in [-0.4, -0.2) is 25.0 Å². The fourth-order valence-electron chi connectivity index (χ4n) is 4.10. The number of carbonyl (C=O) groups is 2. The Bertz CT molecular complexity index is 1160. The van der Waals surface area contributed by atoms with Gasteiger partial charge in [0.25, 0.3) is 5.91 Å². The van der Waals surface area contributed by atoms with Gasteiger partial charge in [0.1, 0.15) is 0 Å². The lowest BCUT2D eigenvalue weighted by molar-refractivity contribution is 0.102. The van der Waals surface area contributed by atoms with Crippen LogP contribution < -0.4 is 20.9 Å². The smallest absolute Gasteiger partial charge is 0.323 e. The quantitative estimate of drug-likeness (QED) is 0.337. The third kappa shape index (κ3) is 6.17. The minimum absolute atomic E-state index is 0.191. The molecule has 3 aromatic carbocycles. The number of nitrogens with zero attached hydrogens (tertiary/aromatic N) is 1. The van der Waals surface area contributed by atoms with Crippen molar-refractivity contribution >= 4 is 50.6 Å². The van der Waals surface area contributed by atoms with Gasteiger partial charge in [-0.05, 0) is 73.9 Å². The first-order valence-corrected chi connectivity index (χ1v) is 12.4. The van der Waals surface area contributed by atoms with Crippen molar-refractivity contribution in [2.24, 2.45) is 0 Å². The van der Waals surface area contributed by atoms with Crippen LogP contribution in [0.15, 0.2) is 71.2 Å². The van der Waals surface area contributed by atoms with Crippen LogP contribution in [0, 0.1) is 6.92 Å². The first-order chi connectivity index (χ1) is 16.5. The highest BCUT2D eigenvalue weighted by Crippen LogP contribution is 2.32. The number of amides is 3. The zero-order valence-electron chi connectivity index (χ0n) is 19.2. The molecule has 0 aliphatic carbocycles. The predicted molar refractivity (Wildman–Crippen MR) is 143 cm³/mol. The molecule has 3 amide bonds. The van der Waals surface area contributed by atoms with Crippen molar-refractivity contribution in [3.8, 4) is 0 Å². The fourth-order valence-corrected chi connectivity index (χ4v) is 4.35. The topological polar surface area (TPSA) is 73.5 Å². The summed E-state index contributed by atoms with van der Waals surface area (Å²) in [4.78, 5) is 27.9. The highest BCUT2D eigenvalue weighted by Gasteiger charge is 2.17. The Labute approximate surface area is 208 Å². The molecule has 0 unspecified atom stereocenters. The summed E-state index contributed by atoms with van der Waals surface area (Å²) in [5.41, 5.74) is 4.58. The van der Waals surface area contributed by atoms with Gasteiger partial charge >= 0.3 is 6.03 Å². The molecule has 6 nitrogen and oxygen atoms in total. The molecule has 3 aromatic rings. The van der Waals surface area contributed by atoms with E-state index in [0.717, 1.165) is 41.7 Å². The standard InChI is InChI=1S/C27H29BrN4O2/c1-19-17-21(11-13-23(19)28)30-27(34)31-24-18-22(29-26(33)20-9-5-4-6-10-20)12-14-25(24)32-15-7-2-3-8-16-32/h4-6,9-14,17-18H,2-3,7-8,15-16H2,1H3,(H,29,33)(H2,30,31,34). The Kier molecular flexibility index (Phi) is 7.85. The molecule has 1 aliphatic rings. The molecule has 0 atom stereocenters. The van der Waals surface area contributed by atoms with E-state index in [1.54, 1.807) is 12.1 Å². The third-order valence-corrected chi connectivity index (χ3v) is 6.79. The number of urea groups is 1. The number of hydrogen-bond donors (Lipinski definition) is 3. The van der Waals surface area contributed by atoms with Crippen LogP contribution in [0.3, 0.4) is 0 Å². The Hall–Kier alpha value is -3.32. The van der Waals surface area contributed by atoms with Crippen molar-refractivity contribution in [2.75, 3.05) is 33.9 Å². The average molecular weight is 521 g/mol. The van der Waals surface area contributed by atoms with Gasteiger partial charge in [-0.2, -0.15) is 0 Å². The Morgan fingerprint density at radius 3 is 2.18 bits per heavy atom. The molecule has 1 heterocycles. The van der Waals surface area contributed by atoms with Gasteiger partial charge in [-0.15, -0.1) is 0 Å². The van der Waals surface area contributed by atoms with Gasteiger partial charge < -0.3 is 20.9 Å². The van der Waals surface area contributed by atoms with E-state index in [1.165, 1.54) is 12.8 Å². The zero-order chi connectivity index (χ0) is 23.9. The van der Waals surface area contributed by atoms with E-state index in [-0.39, 0.29) is 11.9 Å². The minimum Gasteiger partial charge on any atom is -0.370 e. The molecule has 176 valence electrons. The van der Waals surface area contributed by atoms with Crippen LogP contribution in [0.1, 0.15) is 41.6 Å². The number of aryl methyl sites for hydroxylation is 1. The second kappa shape index (κ2) is 11.2. The van der Waals surface area contributed by atoms with E-state index in [9.17, 15) is 9.59 Å². The highest BCUT2D eigenvalue weighted by molar-refractivity contribution is 9.10. The van der Waals surface area contributed by atoms with Crippen molar-refractivity contribution < 1.29 is 9.59 Å². The molecule has 1 saturated heterocycles. The van der Waals surface area contributed by atoms with Gasteiger partial charge in [0.2, 0.25) is 0 Å². The summed E-state index contributed by atoms with van der Waals surface area (Å²) in [6.45, 7) is 3.86. The second-order valence-corrected chi connectivity index (χ2v) is 9.35. The Balaban J connectivity index is 1.57. The van der Waals surface area contributed by atoms with E-state index in [4.69, 9.17) is 0 Å². The fraction of sp³-hybridized carbons (Fsp3) is 0.259. The van der Waals surface area contributed by atoms with Crippen molar-refractivity contribution in [2.45, 2.75) is 32.6 Å². The summed E-state index contributed by atoms with van der Waals surface area (Å²) in [5, 5.41) is 8.86. The van der Waals surface area contributed by atoms with Crippen LogP contribution in [0.5, 0.6) is 0 Å². The zero-order valence-corrected chi connectivity index (χ0v) is 20.8. The van der Waals surface area contributed by atoms with E-state index in [1.807, 2.05) is 61.5 Å². The SMILES string of the molecule is Cc1cc(NC(=O)Nc2cc(NC(=O)c3ccccc3)ccc2N2CCCCCC2)ccc1Br. The highest BCUT2D eigenvalue weighted by atomic mass is 79.9. The van der Waals surface area contributed by atoms with Crippen molar-refractivity contribution in [1.82, 2.24) is 0 Å². The molecular weight excluding hydrogens is 492 g/mol. The molecule has 0 aromatic heterocycles. The Morgan fingerprint density at radius 2 is 1.47 bits per heavy atom. The number of anilines is 4. The van der Waals surface area contributed by atoms with Gasteiger partial charge in [0, 0.05) is 34.5 Å². The lowest BCUT2D eigenvalue weighted by Gasteiger charge is -2.26. The number of halogens is 1. The monoisotopic (exact) mass is 520 g/mol. The summed E-state index contributed by atoms with van der Waals surface area (Å²) in [5.74, 6) is -0.191. The number of carbonyl (C=O) groups excluding carboxylic acids is 2. The number of rotatable bonds is 5. The molecule has 1 aliphatic heterocycles. The molecule has 0 saturated carbocycles. The lowest BCUT2D eigenvalue weighted by atomic mass is 10.1. The predicted octanol–water partition coefficient (Wildman–Crippen LogP) is 7.03. The van der Waals surface area contributed by atoms with Crippen molar-refractivity contribution in [3.63, 3.8) is 0 Å². The summed E-state index contributed by atoms with van der Waals surface area (Å²) in [6.07, 6.45) is 4.67. The summed E-state index contributed by atoms with van der Waals surface area (Å²) >= 11 is 3.49. The van der Waals surface area contributed by atoms with Crippen LogP contribution in [0.4, 0.5) is 27.5 Å². The minimum atomic E-state index is -0.329. The lowest BCUT2D eigenvalue weighted by Crippen LogP contribution is -2.27. The molecule has 0 spiro atoms. The summed E-state index contributed by atoms with van der Waals surface area (Å²) in [7, 11) is 0. The molecule has 1 fully saturated rings. The number of benzene rings is 3. The summed E-state index contributed by atoms with van der Waals surface area (Å²) < 4.78 is 0.990.